The second kappa shape index (κ2) is 7.52. The number of rotatable bonds is 3. The molecule has 26 heavy (non-hydrogen) atoms. The summed E-state index contributed by atoms with van der Waals surface area (Å²) in [6, 6.07) is 7.89. The second-order valence-electron chi connectivity index (χ2n) is 7.41. The number of fused-ring (bicyclic) bond motifs is 2. The topological polar surface area (TPSA) is 55.8 Å². The number of carbonyl (C=O) groups is 2. The van der Waals surface area contributed by atoms with E-state index in [2.05, 4.69) is 0 Å². The van der Waals surface area contributed by atoms with Gasteiger partial charge >= 0.3 is 5.97 Å². The highest BCUT2D eigenvalue weighted by Crippen LogP contribution is 2.35. The summed E-state index contributed by atoms with van der Waals surface area (Å²) in [5.41, 5.74) is 1.31. The van der Waals surface area contributed by atoms with Crippen LogP contribution in [0.15, 0.2) is 29.8 Å². The minimum absolute atomic E-state index is 0.0623. The lowest BCUT2D eigenvalue weighted by Gasteiger charge is -2.44. The summed E-state index contributed by atoms with van der Waals surface area (Å²) < 4.78 is 10.9. The van der Waals surface area contributed by atoms with Gasteiger partial charge in [0.05, 0.1) is 5.57 Å². The minimum atomic E-state index is -0.468. The fourth-order valence-corrected chi connectivity index (χ4v) is 4.47. The standard InChI is InChI=1S/C21H25NO4/c23-20(22-11-5-8-15-6-1-3-9-18(15)22)14-26-21(24)17-12-16-7-2-4-10-19(16)25-13-17/h2,4,7,10,12,15,18H,1,3,5-6,8-9,11,13-14H2/t15-,18+/m1/s1. The van der Waals surface area contributed by atoms with Crippen LogP contribution in [0.1, 0.15) is 44.1 Å². The van der Waals surface area contributed by atoms with Gasteiger partial charge in [0.1, 0.15) is 12.4 Å². The maximum absolute atomic E-state index is 12.6. The molecule has 0 unspecified atom stereocenters. The molecule has 1 amide bonds. The largest absolute Gasteiger partial charge is 0.488 e. The predicted octanol–water partition coefficient (Wildman–Crippen LogP) is 3.19. The van der Waals surface area contributed by atoms with Gasteiger partial charge in [-0.05, 0) is 43.7 Å². The third kappa shape index (κ3) is 3.48. The molecule has 1 saturated carbocycles. The second-order valence-corrected chi connectivity index (χ2v) is 7.41. The quantitative estimate of drug-likeness (QED) is 0.782. The molecular weight excluding hydrogens is 330 g/mol. The highest BCUT2D eigenvalue weighted by molar-refractivity contribution is 5.96. The number of amides is 1. The molecule has 0 aromatic heterocycles. The van der Waals surface area contributed by atoms with Crippen LogP contribution >= 0.6 is 0 Å². The summed E-state index contributed by atoms with van der Waals surface area (Å²) in [4.78, 5) is 26.9. The number of hydrogen-bond donors (Lipinski definition) is 0. The lowest BCUT2D eigenvalue weighted by Crippen LogP contribution is -2.50. The van der Waals surface area contributed by atoms with E-state index in [9.17, 15) is 9.59 Å². The maximum Gasteiger partial charge on any atom is 0.338 e. The predicted molar refractivity (Wildman–Crippen MR) is 97.6 cm³/mol. The van der Waals surface area contributed by atoms with Crippen molar-refractivity contribution in [1.29, 1.82) is 0 Å². The zero-order chi connectivity index (χ0) is 17.9. The van der Waals surface area contributed by atoms with Gasteiger partial charge < -0.3 is 14.4 Å². The highest BCUT2D eigenvalue weighted by atomic mass is 16.5. The van der Waals surface area contributed by atoms with Crippen LogP contribution < -0.4 is 4.74 Å². The fourth-order valence-electron chi connectivity index (χ4n) is 4.47. The van der Waals surface area contributed by atoms with Gasteiger partial charge in [0.25, 0.3) is 5.91 Å². The minimum Gasteiger partial charge on any atom is -0.488 e. The molecule has 1 aliphatic carbocycles. The summed E-state index contributed by atoms with van der Waals surface area (Å²) in [5.74, 6) is 0.859. The third-order valence-corrected chi connectivity index (χ3v) is 5.78. The van der Waals surface area contributed by atoms with Gasteiger partial charge in [-0.2, -0.15) is 0 Å². The fraction of sp³-hybridized carbons (Fsp3) is 0.524. The first-order valence-corrected chi connectivity index (χ1v) is 9.61. The van der Waals surface area contributed by atoms with Crippen molar-refractivity contribution in [1.82, 2.24) is 4.90 Å². The molecule has 1 saturated heterocycles. The van der Waals surface area contributed by atoms with Gasteiger partial charge in [-0.25, -0.2) is 4.79 Å². The van der Waals surface area contributed by atoms with E-state index < -0.39 is 5.97 Å². The number of likely N-dealkylation sites (tertiary alicyclic amines) is 1. The Morgan fingerprint density at radius 1 is 1.12 bits per heavy atom. The summed E-state index contributed by atoms with van der Waals surface area (Å²) in [7, 11) is 0. The van der Waals surface area contributed by atoms with Gasteiger partial charge in [0.2, 0.25) is 0 Å². The molecule has 2 atom stereocenters. The zero-order valence-electron chi connectivity index (χ0n) is 15.0. The van der Waals surface area contributed by atoms with Gasteiger partial charge in [-0.15, -0.1) is 0 Å². The lowest BCUT2D eigenvalue weighted by atomic mass is 9.78. The third-order valence-electron chi connectivity index (χ3n) is 5.78. The number of esters is 1. The van der Waals surface area contributed by atoms with Crippen molar-refractivity contribution in [3.05, 3.63) is 35.4 Å². The number of nitrogens with zero attached hydrogens (tertiary/aromatic N) is 1. The van der Waals surface area contributed by atoms with Crippen molar-refractivity contribution in [3.8, 4) is 5.75 Å². The van der Waals surface area contributed by atoms with Crippen molar-refractivity contribution in [2.75, 3.05) is 19.8 Å². The normalized spacial score (nSPS) is 24.6. The van der Waals surface area contributed by atoms with E-state index in [-0.39, 0.29) is 19.1 Å². The summed E-state index contributed by atoms with van der Waals surface area (Å²) >= 11 is 0. The molecular formula is C21H25NO4. The van der Waals surface area contributed by atoms with Crippen molar-refractivity contribution >= 4 is 18.0 Å². The van der Waals surface area contributed by atoms with Crippen LogP contribution in [-0.4, -0.2) is 42.6 Å². The zero-order valence-corrected chi connectivity index (χ0v) is 15.0. The van der Waals surface area contributed by atoms with Crippen LogP contribution in [0.5, 0.6) is 5.75 Å². The molecule has 2 aliphatic heterocycles. The Morgan fingerprint density at radius 3 is 2.85 bits per heavy atom. The SMILES string of the molecule is O=C(OCC(=O)N1CCC[C@H]2CCCC[C@@H]21)C1=Cc2ccccc2OC1. The molecule has 1 aromatic rings. The molecule has 0 bridgehead atoms. The van der Waals surface area contributed by atoms with E-state index in [0.29, 0.717) is 17.5 Å². The molecule has 2 heterocycles. The van der Waals surface area contributed by atoms with Crippen molar-refractivity contribution in [2.24, 2.45) is 5.92 Å². The van der Waals surface area contributed by atoms with Crippen molar-refractivity contribution in [2.45, 2.75) is 44.6 Å². The Hall–Kier alpha value is -2.30. The van der Waals surface area contributed by atoms with Gasteiger partial charge in [0, 0.05) is 18.2 Å². The average molecular weight is 355 g/mol. The summed E-state index contributed by atoms with van der Waals surface area (Å²) in [5, 5.41) is 0. The van der Waals surface area contributed by atoms with Crippen LogP contribution in [-0.2, 0) is 14.3 Å². The van der Waals surface area contributed by atoms with Crippen molar-refractivity contribution < 1.29 is 19.1 Å². The van der Waals surface area contributed by atoms with Crippen LogP contribution in [0, 0.1) is 5.92 Å². The van der Waals surface area contributed by atoms with Crippen LogP contribution in [0.3, 0.4) is 0 Å². The summed E-state index contributed by atoms with van der Waals surface area (Å²) in [6.07, 6.45) is 8.82. The van der Waals surface area contributed by atoms with E-state index in [1.165, 1.54) is 25.7 Å². The molecule has 2 fully saturated rings. The van der Waals surface area contributed by atoms with Crippen LogP contribution in [0.25, 0.3) is 6.08 Å². The van der Waals surface area contributed by atoms with Gasteiger partial charge in [-0.3, -0.25) is 4.79 Å². The number of piperidine rings is 1. The molecule has 5 nitrogen and oxygen atoms in total. The molecule has 4 rings (SSSR count). The number of carbonyl (C=O) groups excluding carboxylic acids is 2. The van der Waals surface area contributed by atoms with E-state index in [0.717, 1.165) is 30.7 Å². The molecule has 138 valence electrons. The van der Waals surface area contributed by atoms with E-state index in [4.69, 9.17) is 9.47 Å². The molecule has 0 radical (unpaired) electrons. The van der Waals surface area contributed by atoms with E-state index in [1.54, 1.807) is 6.08 Å². The number of para-hydroxylation sites is 1. The molecule has 1 aromatic carbocycles. The van der Waals surface area contributed by atoms with Crippen molar-refractivity contribution in [3.63, 3.8) is 0 Å². The Morgan fingerprint density at radius 2 is 1.92 bits per heavy atom. The van der Waals surface area contributed by atoms with E-state index >= 15 is 0 Å². The Bertz CT molecular complexity index is 724. The summed E-state index contributed by atoms with van der Waals surface area (Å²) in [6.45, 7) is 0.788. The molecule has 3 aliphatic rings. The van der Waals surface area contributed by atoms with Crippen LogP contribution in [0.2, 0.25) is 0 Å². The Balaban J connectivity index is 1.36. The number of hydrogen-bond acceptors (Lipinski definition) is 4. The van der Waals surface area contributed by atoms with Crippen LogP contribution in [0.4, 0.5) is 0 Å². The number of benzene rings is 1. The molecule has 0 N–H and O–H groups in total. The van der Waals surface area contributed by atoms with E-state index in [1.807, 2.05) is 29.2 Å². The maximum atomic E-state index is 12.6. The smallest absolute Gasteiger partial charge is 0.338 e. The molecule has 5 heteroatoms. The number of ether oxygens (including phenoxy) is 2. The Kier molecular flexibility index (Phi) is 4.96. The average Bonchev–Trinajstić information content (AvgIpc) is 2.71. The first-order valence-electron chi connectivity index (χ1n) is 9.61. The molecule has 0 spiro atoms. The van der Waals surface area contributed by atoms with Gasteiger partial charge in [-0.1, -0.05) is 31.0 Å². The first kappa shape index (κ1) is 17.1. The Labute approximate surface area is 154 Å². The van der Waals surface area contributed by atoms with Gasteiger partial charge in [0.15, 0.2) is 6.61 Å². The highest BCUT2D eigenvalue weighted by Gasteiger charge is 2.36. The lowest BCUT2D eigenvalue weighted by molar-refractivity contribution is -0.152. The monoisotopic (exact) mass is 355 g/mol. The first-order chi connectivity index (χ1) is 12.7.